The molecule has 1 nitrogen and oxygen atoms in total. The number of hydrogen-bond donors (Lipinski definition) is 1. The van der Waals surface area contributed by atoms with Crippen molar-refractivity contribution in [3.8, 4) is 16.9 Å². The molecule has 0 aromatic heterocycles. The summed E-state index contributed by atoms with van der Waals surface area (Å²) < 4.78 is 0. The van der Waals surface area contributed by atoms with Crippen LogP contribution in [-0.4, -0.2) is 11.4 Å². The molecule has 0 aliphatic carbocycles. The normalized spacial score (nSPS) is 10.4. The molecule has 0 spiro atoms. The van der Waals surface area contributed by atoms with Gasteiger partial charge in [-0.25, -0.2) is 0 Å². The quantitative estimate of drug-likeness (QED) is 0.796. The number of halogens is 1. The minimum atomic E-state index is 0.256. The molecule has 3 heteroatoms. The molecule has 0 saturated carbocycles. The topological polar surface area (TPSA) is 20.2 Å². The second-order valence-electron chi connectivity index (χ2n) is 3.34. The summed E-state index contributed by atoms with van der Waals surface area (Å²) in [5.41, 5.74) is 1.81. The smallest absolute Gasteiger partial charge is 0.138 e. The molecule has 0 saturated heterocycles. The molecule has 82 valence electrons. The summed E-state index contributed by atoms with van der Waals surface area (Å²) in [5, 5.41) is 10.7. The van der Waals surface area contributed by atoms with Gasteiger partial charge in [0.2, 0.25) is 0 Å². The fraction of sp³-hybridized carbons (Fsp3) is 0.0769. The highest BCUT2D eigenvalue weighted by Crippen LogP contribution is 2.40. The van der Waals surface area contributed by atoms with Crippen molar-refractivity contribution >= 4 is 23.4 Å². The lowest BCUT2D eigenvalue weighted by Gasteiger charge is -2.09. The number of thioether (sulfide) groups is 1. The number of rotatable bonds is 2. The lowest BCUT2D eigenvalue weighted by Crippen LogP contribution is -1.82. The van der Waals surface area contributed by atoms with Gasteiger partial charge in [0.1, 0.15) is 5.75 Å². The zero-order chi connectivity index (χ0) is 11.5. The Morgan fingerprint density at radius 3 is 2.38 bits per heavy atom. The van der Waals surface area contributed by atoms with Crippen molar-refractivity contribution in [1.29, 1.82) is 0 Å². The molecule has 0 bridgehead atoms. The highest BCUT2D eigenvalue weighted by Gasteiger charge is 2.11. The van der Waals surface area contributed by atoms with E-state index in [9.17, 15) is 5.11 Å². The molecule has 2 aromatic rings. The van der Waals surface area contributed by atoms with Crippen LogP contribution in [0.25, 0.3) is 11.1 Å². The molecule has 0 atom stereocenters. The summed E-state index contributed by atoms with van der Waals surface area (Å²) in [6, 6.07) is 13.4. The van der Waals surface area contributed by atoms with Crippen molar-refractivity contribution < 1.29 is 5.11 Å². The fourth-order valence-electron chi connectivity index (χ4n) is 1.59. The Labute approximate surface area is 104 Å². The van der Waals surface area contributed by atoms with E-state index >= 15 is 0 Å². The number of phenolic OH excluding ortho intramolecular Hbond substituents is 1. The maximum atomic E-state index is 10.1. The van der Waals surface area contributed by atoms with Crippen LogP contribution in [0.4, 0.5) is 0 Å². The van der Waals surface area contributed by atoms with E-state index in [0.717, 1.165) is 16.0 Å². The fourth-order valence-corrected chi connectivity index (χ4v) is 2.54. The first kappa shape index (κ1) is 11.4. The lowest BCUT2D eigenvalue weighted by atomic mass is 10.1. The van der Waals surface area contributed by atoms with Gasteiger partial charge in [-0.15, -0.1) is 11.8 Å². The third-order valence-electron chi connectivity index (χ3n) is 2.37. The van der Waals surface area contributed by atoms with Gasteiger partial charge in [0.05, 0.1) is 9.92 Å². The van der Waals surface area contributed by atoms with Crippen LogP contribution < -0.4 is 0 Å². The zero-order valence-corrected chi connectivity index (χ0v) is 10.3. The highest BCUT2D eigenvalue weighted by atomic mass is 35.5. The van der Waals surface area contributed by atoms with E-state index in [4.69, 9.17) is 11.6 Å². The van der Waals surface area contributed by atoms with E-state index in [1.165, 1.54) is 11.8 Å². The molecule has 0 radical (unpaired) electrons. The largest absolute Gasteiger partial charge is 0.506 e. The molecule has 0 amide bonds. The maximum Gasteiger partial charge on any atom is 0.138 e. The Hall–Kier alpha value is -1.12. The van der Waals surface area contributed by atoms with E-state index in [-0.39, 0.29) is 5.75 Å². The number of hydrogen-bond acceptors (Lipinski definition) is 2. The molecule has 0 unspecified atom stereocenters. The predicted molar refractivity (Wildman–Crippen MR) is 70.3 cm³/mol. The van der Waals surface area contributed by atoms with E-state index in [2.05, 4.69) is 0 Å². The van der Waals surface area contributed by atoms with Crippen LogP contribution in [0.2, 0.25) is 5.02 Å². The van der Waals surface area contributed by atoms with Crippen LogP contribution in [0.5, 0.6) is 5.75 Å². The Bertz CT molecular complexity index is 497. The molecule has 16 heavy (non-hydrogen) atoms. The van der Waals surface area contributed by atoms with Gasteiger partial charge in [-0.3, -0.25) is 0 Å². The second-order valence-corrected chi connectivity index (χ2v) is 4.57. The summed E-state index contributed by atoms with van der Waals surface area (Å²) in [4.78, 5) is 0.725. The van der Waals surface area contributed by atoms with E-state index in [1.807, 2.05) is 48.7 Å². The summed E-state index contributed by atoms with van der Waals surface area (Å²) in [5.74, 6) is 0.256. The minimum Gasteiger partial charge on any atom is -0.506 e. The number of phenols is 1. The van der Waals surface area contributed by atoms with Gasteiger partial charge in [-0.05, 0) is 24.0 Å². The van der Waals surface area contributed by atoms with Crippen LogP contribution in [0.3, 0.4) is 0 Å². The zero-order valence-electron chi connectivity index (χ0n) is 8.77. The van der Waals surface area contributed by atoms with Crippen molar-refractivity contribution in [2.24, 2.45) is 0 Å². The minimum absolute atomic E-state index is 0.256. The molecule has 2 rings (SSSR count). The standard InChI is InChI=1S/C13H11ClOS/c1-16-13-11(14)8-7-10(12(13)15)9-5-3-2-4-6-9/h2-8,15H,1H3. The Morgan fingerprint density at radius 1 is 1.06 bits per heavy atom. The molecule has 1 N–H and O–H groups in total. The number of benzene rings is 2. The summed E-state index contributed by atoms with van der Waals surface area (Å²) in [6.45, 7) is 0. The van der Waals surface area contributed by atoms with E-state index in [1.54, 1.807) is 0 Å². The van der Waals surface area contributed by atoms with Crippen molar-refractivity contribution in [2.75, 3.05) is 6.26 Å². The molecule has 0 fully saturated rings. The summed E-state index contributed by atoms with van der Waals surface area (Å²) in [6.07, 6.45) is 1.90. The molecular weight excluding hydrogens is 240 g/mol. The van der Waals surface area contributed by atoms with Crippen molar-refractivity contribution in [2.45, 2.75) is 4.90 Å². The van der Waals surface area contributed by atoms with Gasteiger partial charge in [-0.1, -0.05) is 41.9 Å². The third kappa shape index (κ3) is 2.04. The molecule has 0 aliphatic heterocycles. The van der Waals surface area contributed by atoms with Crippen LogP contribution >= 0.6 is 23.4 Å². The first-order valence-electron chi connectivity index (χ1n) is 4.85. The van der Waals surface area contributed by atoms with Crippen molar-refractivity contribution in [1.82, 2.24) is 0 Å². The highest BCUT2D eigenvalue weighted by molar-refractivity contribution is 7.98. The Kier molecular flexibility index (Phi) is 3.42. The summed E-state index contributed by atoms with van der Waals surface area (Å²) in [7, 11) is 0. The van der Waals surface area contributed by atoms with Gasteiger partial charge in [0, 0.05) is 5.56 Å². The average molecular weight is 251 g/mol. The first-order valence-corrected chi connectivity index (χ1v) is 6.45. The Balaban J connectivity index is 2.59. The van der Waals surface area contributed by atoms with Gasteiger partial charge in [0.15, 0.2) is 0 Å². The molecule has 2 aromatic carbocycles. The van der Waals surface area contributed by atoms with E-state index < -0.39 is 0 Å². The average Bonchev–Trinajstić information content (AvgIpc) is 2.31. The van der Waals surface area contributed by atoms with Gasteiger partial charge in [-0.2, -0.15) is 0 Å². The molecule has 0 heterocycles. The van der Waals surface area contributed by atoms with E-state index in [0.29, 0.717) is 5.02 Å². The van der Waals surface area contributed by atoms with Crippen molar-refractivity contribution in [3.63, 3.8) is 0 Å². The summed E-state index contributed by atoms with van der Waals surface area (Å²) >= 11 is 7.46. The lowest BCUT2D eigenvalue weighted by molar-refractivity contribution is 0.465. The molecular formula is C13H11ClOS. The van der Waals surface area contributed by atoms with Crippen molar-refractivity contribution in [3.05, 3.63) is 47.5 Å². The van der Waals surface area contributed by atoms with Crippen LogP contribution in [0, 0.1) is 0 Å². The van der Waals surface area contributed by atoms with Gasteiger partial charge >= 0.3 is 0 Å². The predicted octanol–water partition coefficient (Wildman–Crippen LogP) is 4.43. The second kappa shape index (κ2) is 4.81. The number of aromatic hydroxyl groups is 1. The first-order chi connectivity index (χ1) is 7.74. The van der Waals surface area contributed by atoms with Crippen LogP contribution in [0.15, 0.2) is 47.4 Å². The molecule has 0 aliphatic rings. The van der Waals surface area contributed by atoms with Crippen LogP contribution in [-0.2, 0) is 0 Å². The van der Waals surface area contributed by atoms with Crippen LogP contribution in [0.1, 0.15) is 0 Å². The SMILES string of the molecule is CSc1c(Cl)ccc(-c2ccccc2)c1O. The maximum absolute atomic E-state index is 10.1. The Morgan fingerprint density at radius 2 is 1.75 bits per heavy atom. The monoisotopic (exact) mass is 250 g/mol. The van der Waals surface area contributed by atoms with Gasteiger partial charge < -0.3 is 5.11 Å². The third-order valence-corrected chi connectivity index (χ3v) is 3.62. The van der Waals surface area contributed by atoms with Gasteiger partial charge in [0.25, 0.3) is 0 Å².